The van der Waals surface area contributed by atoms with Crippen molar-refractivity contribution in [3.8, 4) is 5.69 Å². The molecule has 0 amide bonds. The van der Waals surface area contributed by atoms with Gasteiger partial charge in [0.05, 0.1) is 5.52 Å². The molecule has 2 heterocycles. The van der Waals surface area contributed by atoms with Gasteiger partial charge in [0.1, 0.15) is 0 Å². The molecular formula is C21H18N2O. The molecule has 2 aromatic carbocycles. The lowest BCUT2D eigenvalue weighted by atomic mass is 10.1. The number of allylic oxidation sites excluding steroid dienone is 2. The monoisotopic (exact) mass is 314 g/mol. The molecule has 24 heavy (non-hydrogen) atoms. The van der Waals surface area contributed by atoms with Crippen LogP contribution in [0.25, 0.3) is 16.6 Å². The minimum Gasteiger partial charge on any atom is -0.369 e. The molecule has 118 valence electrons. The van der Waals surface area contributed by atoms with Crippen molar-refractivity contribution in [1.29, 1.82) is 0 Å². The van der Waals surface area contributed by atoms with Crippen LogP contribution < -0.4 is 5.56 Å². The third kappa shape index (κ3) is 2.65. The molecule has 3 heteroatoms. The van der Waals surface area contributed by atoms with Crippen molar-refractivity contribution in [3.05, 3.63) is 101 Å². The number of aromatic nitrogens is 1. The van der Waals surface area contributed by atoms with Crippen molar-refractivity contribution in [2.24, 2.45) is 0 Å². The Hall–Kier alpha value is -3.07. The molecule has 0 saturated carbocycles. The first-order chi connectivity index (χ1) is 11.8. The molecule has 0 fully saturated rings. The molecule has 1 aliphatic rings. The van der Waals surface area contributed by atoms with Gasteiger partial charge in [-0.2, -0.15) is 0 Å². The minimum atomic E-state index is 0.0443. The molecule has 0 atom stereocenters. The van der Waals surface area contributed by atoms with E-state index in [2.05, 4.69) is 17.0 Å². The smallest absolute Gasteiger partial charge is 0.260 e. The first-order valence-electron chi connectivity index (χ1n) is 8.09. The number of fused-ring (bicyclic) bond motifs is 1. The zero-order valence-corrected chi connectivity index (χ0v) is 13.3. The molecule has 1 aliphatic heterocycles. The minimum absolute atomic E-state index is 0.0443. The second kappa shape index (κ2) is 6.20. The summed E-state index contributed by atoms with van der Waals surface area (Å²) in [5.41, 5.74) is 2.68. The van der Waals surface area contributed by atoms with Gasteiger partial charge in [-0.1, -0.05) is 48.6 Å². The quantitative estimate of drug-likeness (QED) is 0.733. The van der Waals surface area contributed by atoms with E-state index in [1.807, 2.05) is 77.5 Å². The molecule has 1 aromatic heterocycles. The zero-order valence-electron chi connectivity index (χ0n) is 13.3. The predicted octanol–water partition coefficient (Wildman–Crippen LogP) is 3.88. The van der Waals surface area contributed by atoms with Crippen LogP contribution in [0.3, 0.4) is 0 Å². The first kappa shape index (κ1) is 14.5. The molecule has 0 bridgehead atoms. The molecule has 0 radical (unpaired) electrons. The highest BCUT2D eigenvalue weighted by atomic mass is 16.1. The van der Waals surface area contributed by atoms with E-state index in [1.54, 1.807) is 0 Å². The van der Waals surface area contributed by atoms with Crippen LogP contribution in [-0.4, -0.2) is 16.0 Å². The molecule has 0 N–H and O–H groups in total. The van der Waals surface area contributed by atoms with Crippen LogP contribution in [-0.2, 0) is 6.54 Å². The van der Waals surface area contributed by atoms with Crippen molar-refractivity contribution < 1.29 is 0 Å². The van der Waals surface area contributed by atoms with Gasteiger partial charge in [0.25, 0.3) is 5.56 Å². The second-order valence-corrected chi connectivity index (χ2v) is 5.90. The Bertz CT molecular complexity index is 984. The number of para-hydroxylation sites is 2. The largest absolute Gasteiger partial charge is 0.369 e. The fraction of sp³-hybridized carbons (Fsp3) is 0.0952. The fourth-order valence-corrected chi connectivity index (χ4v) is 3.11. The molecule has 0 aliphatic carbocycles. The van der Waals surface area contributed by atoms with E-state index in [1.165, 1.54) is 0 Å². The average Bonchev–Trinajstić information content (AvgIpc) is 2.64. The van der Waals surface area contributed by atoms with Crippen LogP contribution in [0.4, 0.5) is 0 Å². The number of hydrogen-bond donors (Lipinski definition) is 0. The summed E-state index contributed by atoms with van der Waals surface area (Å²) < 4.78 is 1.81. The highest BCUT2D eigenvalue weighted by molar-refractivity contribution is 5.81. The Morgan fingerprint density at radius 2 is 1.71 bits per heavy atom. The van der Waals surface area contributed by atoms with E-state index < -0.39 is 0 Å². The molecule has 0 saturated heterocycles. The SMILES string of the molecule is O=c1c(CN2C=CC=CC2)cc2ccccc2n1-c1ccccc1. The maximum atomic E-state index is 13.2. The first-order valence-corrected chi connectivity index (χ1v) is 8.09. The Kier molecular flexibility index (Phi) is 3.75. The van der Waals surface area contributed by atoms with Gasteiger partial charge in [0.15, 0.2) is 0 Å². The summed E-state index contributed by atoms with van der Waals surface area (Å²) in [5.74, 6) is 0. The summed E-state index contributed by atoms with van der Waals surface area (Å²) in [7, 11) is 0. The lowest BCUT2D eigenvalue weighted by Gasteiger charge is -2.21. The van der Waals surface area contributed by atoms with Gasteiger partial charge < -0.3 is 4.90 Å². The molecular weight excluding hydrogens is 296 g/mol. The zero-order chi connectivity index (χ0) is 16.4. The van der Waals surface area contributed by atoms with Gasteiger partial charge >= 0.3 is 0 Å². The highest BCUT2D eigenvalue weighted by Crippen LogP contribution is 2.18. The average molecular weight is 314 g/mol. The van der Waals surface area contributed by atoms with Crippen molar-refractivity contribution >= 4 is 10.9 Å². The molecule has 0 unspecified atom stereocenters. The Morgan fingerprint density at radius 3 is 2.50 bits per heavy atom. The number of pyridine rings is 1. The fourth-order valence-electron chi connectivity index (χ4n) is 3.11. The topological polar surface area (TPSA) is 25.2 Å². The standard InChI is InChI=1S/C21H18N2O/c24-21-18(16-22-13-7-2-8-14-22)15-17-9-5-6-12-20(17)23(21)19-10-3-1-4-11-19/h1-13,15H,14,16H2. The maximum absolute atomic E-state index is 13.2. The van der Waals surface area contributed by atoms with E-state index in [0.717, 1.165) is 28.7 Å². The Labute approximate surface area is 140 Å². The summed E-state index contributed by atoms with van der Waals surface area (Å²) in [4.78, 5) is 15.3. The van der Waals surface area contributed by atoms with Gasteiger partial charge in [-0.15, -0.1) is 0 Å². The summed E-state index contributed by atoms with van der Waals surface area (Å²) in [6, 6.07) is 19.9. The van der Waals surface area contributed by atoms with Gasteiger partial charge in [-0.25, -0.2) is 0 Å². The van der Waals surface area contributed by atoms with E-state index in [-0.39, 0.29) is 5.56 Å². The van der Waals surface area contributed by atoms with Crippen LogP contribution >= 0.6 is 0 Å². The van der Waals surface area contributed by atoms with E-state index in [9.17, 15) is 4.79 Å². The van der Waals surface area contributed by atoms with E-state index >= 15 is 0 Å². The summed E-state index contributed by atoms with van der Waals surface area (Å²) >= 11 is 0. The van der Waals surface area contributed by atoms with Crippen molar-refractivity contribution in [1.82, 2.24) is 9.47 Å². The number of hydrogen-bond acceptors (Lipinski definition) is 2. The van der Waals surface area contributed by atoms with Crippen molar-refractivity contribution in [3.63, 3.8) is 0 Å². The van der Waals surface area contributed by atoms with Crippen LogP contribution in [0.2, 0.25) is 0 Å². The van der Waals surface area contributed by atoms with Gasteiger partial charge in [0, 0.05) is 24.3 Å². The van der Waals surface area contributed by atoms with E-state index in [4.69, 9.17) is 0 Å². The summed E-state index contributed by atoms with van der Waals surface area (Å²) in [6.45, 7) is 1.44. The Balaban J connectivity index is 1.89. The summed E-state index contributed by atoms with van der Waals surface area (Å²) in [5, 5.41) is 1.08. The predicted molar refractivity (Wildman–Crippen MR) is 98.2 cm³/mol. The van der Waals surface area contributed by atoms with Crippen LogP contribution in [0.15, 0.2) is 89.9 Å². The van der Waals surface area contributed by atoms with E-state index in [0.29, 0.717) is 6.54 Å². The number of rotatable bonds is 3. The van der Waals surface area contributed by atoms with Crippen LogP contribution in [0.5, 0.6) is 0 Å². The molecule has 4 rings (SSSR count). The maximum Gasteiger partial charge on any atom is 0.260 e. The van der Waals surface area contributed by atoms with Gasteiger partial charge in [-0.3, -0.25) is 9.36 Å². The molecule has 3 aromatic rings. The second-order valence-electron chi connectivity index (χ2n) is 5.90. The van der Waals surface area contributed by atoms with Crippen molar-refractivity contribution in [2.45, 2.75) is 6.54 Å². The van der Waals surface area contributed by atoms with Crippen molar-refractivity contribution in [2.75, 3.05) is 6.54 Å². The van der Waals surface area contributed by atoms with Crippen LogP contribution in [0, 0.1) is 0 Å². The normalized spacial score (nSPS) is 13.6. The lowest BCUT2D eigenvalue weighted by Crippen LogP contribution is -2.28. The number of nitrogens with zero attached hydrogens (tertiary/aromatic N) is 2. The molecule has 0 spiro atoms. The van der Waals surface area contributed by atoms with Gasteiger partial charge in [-0.05, 0) is 41.9 Å². The lowest BCUT2D eigenvalue weighted by molar-refractivity contribution is 0.403. The Morgan fingerprint density at radius 1 is 0.917 bits per heavy atom. The third-order valence-corrected chi connectivity index (χ3v) is 4.26. The number of benzene rings is 2. The molecule has 3 nitrogen and oxygen atoms in total. The van der Waals surface area contributed by atoms with Gasteiger partial charge in [0.2, 0.25) is 0 Å². The summed E-state index contributed by atoms with van der Waals surface area (Å²) in [6.07, 6.45) is 8.15. The van der Waals surface area contributed by atoms with Crippen LogP contribution in [0.1, 0.15) is 5.56 Å². The third-order valence-electron chi connectivity index (χ3n) is 4.26. The highest BCUT2D eigenvalue weighted by Gasteiger charge is 2.12.